The van der Waals surface area contributed by atoms with Crippen molar-refractivity contribution in [3.05, 3.63) is 65.2 Å². The second kappa shape index (κ2) is 6.10. The van der Waals surface area contributed by atoms with Gasteiger partial charge < -0.3 is 0 Å². The van der Waals surface area contributed by atoms with Crippen LogP contribution in [0.25, 0.3) is 23.3 Å². The number of benzene rings is 1. The molecule has 1 aliphatic rings. The molecule has 26 heavy (non-hydrogen) atoms. The highest BCUT2D eigenvalue weighted by Crippen LogP contribution is 2.29. The number of fused-ring (bicyclic) bond motifs is 2. The van der Waals surface area contributed by atoms with Gasteiger partial charge in [0.2, 0.25) is 10.0 Å². The molecule has 132 valence electrons. The number of anilines is 1. The molecular weight excluding hydrogens is 348 g/mol. The zero-order valence-electron chi connectivity index (χ0n) is 14.5. The van der Waals surface area contributed by atoms with E-state index in [0.717, 1.165) is 39.8 Å². The summed E-state index contributed by atoms with van der Waals surface area (Å²) in [6, 6.07) is 7.70. The minimum Gasteiger partial charge on any atom is -0.284 e. The van der Waals surface area contributed by atoms with Crippen molar-refractivity contribution in [2.75, 3.05) is 11.0 Å². The number of aryl methyl sites for hydroxylation is 1. The number of hydrogen-bond donors (Lipinski definition) is 1. The van der Waals surface area contributed by atoms with E-state index in [2.05, 4.69) is 20.9 Å². The van der Waals surface area contributed by atoms with Gasteiger partial charge >= 0.3 is 0 Å². The van der Waals surface area contributed by atoms with Crippen molar-refractivity contribution in [3.63, 3.8) is 0 Å². The first kappa shape index (κ1) is 16.5. The quantitative estimate of drug-likeness (QED) is 0.605. The molecule has 1 aromatic carbocycles. The molecule has 4 rings (SSSR count). The molecule has 0 spiro atoms. The van der Waals surface area contributed by atoms with Crippen LogP contribution in [0.15, 0.2) is 42.9 Å². The second-order valence-corrected chi connectivity index (χ2v) is 8.22. The maximum atomic E-state index is 11.5. The molecular formula is C19H18N4O2S. The van der Waals surface area contributed by atoms with E-state index in [9.17, 15) is 8.42 Å². The lowest BCUT2D eigenvalue weighted by Gasteiger charge is -2.10. The predicted octanol–water partition coefficient (Wildman–Crippen LogP) is 2.93. The summed E-state index contributed by atoms with van der Waals surface area (Å²) in [5.41, 5.74) is 6.73. The lowest BCUT2D eigenvalue weighted by Crippen LogP contribution is -2.10. The second-order valence-electron chi connectivity index (χ2n) is 6.47. The third-order valence-electron chi connectivity index (χ3n) is 4.29. The Morgan fingerprint density at radius 1 is 1.08 bits per heavy atom. The highest BCUT2D eigenvalue weighted by molar-refractivity contribution is 7.92. The third kappa shape index (κ3) is 3.39. The smallest absolute Gasteiger partial charge is 0.229 e. The SMILES string of the molecule is Cn1cc(-c2cnc3c(c2)Cc2cc(NS(C)(=O)=O)ccc2C=C3)cn1. The number of pyridine rings is 1. The Labute approximate surface area is 152 Å². The van der Waals surface area contributed by atoms with Crippen LogP contribution in [0.4, 0.5) is 5.69 Å². The fourth-order valence-corrected chi connectivity index (χ4v) is 3.67. The Hall–Kier alpha value is -2.93. The van der Waals surface area contributed by atoms with Gasteiger partial charge in [-0.15, -0.1) is 0 Å². The summed E-state index contributed by atoms with van der Waals surface area (Å²) in [4.78, 5) is 4.59. The van der Waals surface area contributed by atoms with Gasteiger partial charge in [-0.05, 0) is 41.0 Å². The molecule has 0 aliphatic heterocycles. The third-order valence-corrected chi connectivity index (χ3v) is 4.89. The Morgan fingerprint density at radius 2 is 1.92 bits per heavy atom. The van der Waals surface area contributed by atoms with Crippen LogP contribution < -0.4 is 4.72 Å². The minimum atomic E-state index is -3.30. The molecule has 0 unspecified atom stereocenters. The van der Waals surface area contributed by atoms with E-state index in [4.69, 9.17) is 0 Å². The molecule has 3 aromatic rings. The van der Waals surface area contributed by atoms with Gasteiger partial charge in [-0.25, -0.2) is 8.42 Å². The number of sulfonamides is 1. The molecule has 7 heteroatoms. The Bertz CT molecular complexity index is 1130. The van der Waals surface area contributed by atoms with Crippen molar-refractivity contribution in [1.82, 2.24) is 14.8 Å². The van der Waals surface area contributed by atoms with E-state index in [1.807, 2.05) is 49.9 Å². The molecule has 0 amide bonds. The van der Waals surface area contributed by atoms with Crippen LogP contribution in [0, 0.1) is 0 Å². The van der Waals surface area contributed by atoms with Crippen molar-refractivity contribution >= 4 is 27.9 Å². The molecule has 0 saturated carbocycles. The molecule has 1 N–H and O–H groups in total. The van der Waals surface area contributed by atoms with Crippen LogP contribution in [0.2, 0.25) is 0 Å². The van der Waals surface area contributed by atoms with Crippen molar-refractivity contribution in [3.8, 4) is 11.1 Å². The maximum absolute atomic E-state index is 11.5. The van der Waals surface area contributed by atoms with Gasteiger partial charge in [-0.1, -0.05) is 12.1 Å². The summed E-state index contributed by atoms with van der Waals surface area (Å²) in [6.45, 7) is 0. The van der Waals surface area contributed by atoms with E-state index in [1.165, 1.54) is 0 Å². The van der Waals surface area contributed by atoms with Crippen LogP contribution in [0.1, 0.15) is 22.4 Å². The average Bonchev–Trinajstić information content (AvgIpc) is 2.91. The number of rotatable bonds is 3. The van der Waals surface area contributed by atoms with E-state index in [0.29, 0.717) is 12.1 Å². The summed E-state index contributed by atoms with van der Waals surface area (Å²) in [5, 5.41) is 4.21. The number of nitrogens with one attached hydrogen (secondary N) is 1. The maximum Gasteiger partial charge on any atom is 0.229 e. The van der Waals surface area contributed by atoms with Gasteiger partial charge in [0.25, 0.3) is 0 Å². The largest absolute Gasteiger partial charge is 0.284 e. The Kier molecular flexibility index (Phi) is 3.88. The standard InChI is InChI=1S/C19H18N4O2S/c1-23-12-17(11-21-23)16-8-15-7-14-9-18(22-26(2,24)25)5-3-13(14)4-6-19(15)20-10-16/h3-6,8-12,22H,7H2,1-2H3. The monoisotopic (exact) mass is 366 g/mol. The summed E-state index contributed by atoms with van der Waals surface area (Å²) in [6.07, 6.45) is 11.5. The molecule has 6 nitrogen and oxygen atoms in total. The molecule has 1 aliphatic carbocycles. The van der Waals surface area contributed by atoms with Crippen LogP contribution in [0.5, 0.6) is 0 Å². The zero-order chi connectivity index (χ0) is 18.3. The summed E-state index contributed by atoms with van der Waals surface area (Å²) in [5.74, 6) is 0. The van der Waals surface area contributed by atoms with E-state index in [-0.39, 0.29) is 0 Å². The van der Waals surface area contributed by atoms with E-state index < -0.39 is 10.0 Å². The fraction of sp³-hybridized carbons (Fsp3) is 0.158. The van der Waals surface area contributed by atoms with Crippen molar-refractivity contribution in [2.45, 2.75) is 6.42 Å². The lowest BCUT2D eigenvalue weighted by atomic mass is 9.99. The average molecular weight is 366 g/mol. The van der Waals surface area contributed by atoms with Crippen LogP contribution in [0.3, 0.4) is 0 Å². The van der Waals surface area contributed by atoms with Crippen molar-refractivity contribution < 1.29 is 8.42 Å². The highest BCUT2D eigenvalue weighted by atomic mass is 32.2. The molecule has 2 aromatic heterocycles. The Morgan fingerprint density at radius 3 is 2.65 bits per heavy atom. The van der Waals surface area contributed by atoms with Gasteiger partial charge in [0.15, 0.2) is 0 Å². The summed E-state index contributed by atoms with van der Waals surface area (Å²) >= 11 is 0. The molecule has 0 saturated heterocycles. The van der Waals surface area contributed by atoms with E-state index >= 15 is 0 Å². The summed E-state index contributed by atoms with van der Waals surface area (Å²) < 4.78 is 27.3. The molecule has 0 bridgehead atoms. The first-order chi connectivity index (χ1) is 12.4. The lowest BCUT2D eigenvalue weighted by molar-refractivity contribution is 0.607. The first-order valence-corrected chi connectivity index (χ1v) is 10.0. The number of nitrogens with zero attached hydrogens (tertiary/aromatic N) is 3. The molecule has 2 heterocycles. The fourth-order valence-electron chi connectivity index (χ4n) is 3.11. The first-order valence-electron chi connectivity index (χ1n) is 8.14. The van der Waals surface area contributed by atoms with Gasteiger partial charge in [0.1, 0.15) is 0 Å². The Balaban J connectivity index is 1.73. The predicted molar refractivity (Wildman–Crippen MR) is 103 cm³/mol. The van der Waals surface area contributed by atoms with Gasteiger partial charge in [0, 0.05) is 42.7 Å². The van der Waals surface area contributed by atoms with Crippen molar-refractivity contribution in [1.29, 1.82) is 0 Å². The zero-order valence-corrected chi connectivity index (χ0v) is 15.3. The summed E-state index contributed by atoms with van der Waals surface area (Å²) in [7, 11) is -1.42. The minimum absolute atomic E-state index is 0.569. The van der Waals surface area contributed by atoms with Crippen molar-refractivity contribution in [2.24, 2.45) is 7.05 Å². The van der Waals surface area contributed by atoms with Crippen LogP contribution >= 0.6 is 0 Å². The van der Waals surface area contributed by atoms with Crippen LogP contribution in [-0.2, 0) is 23.5 Å². The number of aromatic nitrogens is 3. The molecule has 0 atom stereocenters. The molecule has 0 radical (unpaired) electrons. The van der Waals surface area contributed by atoms with Gasteiger partial charge in [-0.3, -0.25) is 14.4 Å². The topological polar surface area (TPSA) is 76.9 Å². The van der Waals surface area contributed by atoms with Crippen LogP contribution in [-0.4, -0.2) is 29.4 Å². The molecule has 0 fully saturated rings. The van der Waals surface area contributed by atoms with E-state index in [1.54, 1.807) is 10.7 Å². The normalized spacial score (nSPS) is 13.0. The number of hydrogen-bond acceptors (Lipinski definition) is 4. The highest BCUT2D eigenvalue weighted by Gasteiger charge is 2.14. The van der Waals surface area contributed by atoms with Gasteiger partial charge in [0.05, 0.1) is 18.1 Å². The van der Waals surface area contributed by atoms with Gasteiger partial charge in [-0.2, -0.15) is 5.10 Å².